The van der Waals surface area contributed by atoms with Gasteiger partial charge in [0.05, 0.1) is 0 Å². The fraction of sp³-hybridized carbons (Fsp3) is 0. The first-order valence-corrected chi connectivity index (χ1v) is 7.51. The van der Waals surface area contributed by atoms with E-state index in [0.29, 0.717) is 0 Å². The first-order valence-electron chi connectivity index (χ1n) is 1.43. The van der Waals surface area contributed by atoms with E-state index in [1.54, 1.807) is 15.5 Å². The second kappa shape index (κ2) is 2.99. The zero-order valence-electron chi connectivity index (χ0n) is 3.64. The van der Waals surface area contributed by atoms with Crippen molar-refractivity contribution in [3.8, 4) is 0 Å². The van der Waals surface area contributed by atoms with Gasteiger partial charge >= 0.3 is 13.2 Å². The zero-order valence-corrected chi connectivity index (χ0v) is 7.83. The van der Waals surface area contributed by atoms with Gasteiger partial charge in [0.2, 0.25) is 0 Å². The Morgan fingerprint density at radius 1 is 1.22 bits per heavy atom. The molecule has 0 aromatic carbocycles. The summed E-state index contributed by atoms with van der Waals surface area (Å²) in [5, 5.41) is 0. The Bertz CT molecular complexity index is 180. The van der Waals surface area contributed by atoms with E-state index < -0.39 is 13.2 Å². The van der Waals surface area contributed by atoms with Crippen LogP contribution in [0, 0.1) is 0 Å². The number of rotatable bonds is 1. The normalized spacial score (nSPS) is 13.4. The molecule has 0 aliphatic heterocycles. The minimum Gasteiger partial charge on any atom is -0.161 e. The fourth-order valence-electron chi connectivity index (χ4n) is 0.118. The molecule has 0 aliphatic carbocycles. The summed E-state index contributed by atoms with van der Waals surface area (Å²) in [5.41, 5.74) is 0. The van der Waals surface area contributed by atoms with E-state index in [1.807, 2.05) is 4.52 Å². The molecule has 56 valence electrons. The Balaban J connectivity index is 4.53. The summed E-state index contributed by atoms with van der Waals surface area (Å²) in [6, 6.07) is 0. The van der Waals surface area contributed by atoms with E-state index in [2.05, 4.69) is 11.8 Å². The topological polar surface area (TPSA) is 12.4 Å². The molecule has 0 aliphatic rings. The molecule has 9 heavy (non-hydrogen) atoms. The molecule has 0 atom stereocenters. The van der Waals surface area contributed by atoms with E-state index in [9.17, 15) is 16.8 Å². The maximum absolute atomic E-state index is 11.6. The summed E-state index contributed by atoms with van der Waals surface area (Å²) in [6.07, 6.45) is -4.90. The van der Waals surface area contributed by atoms with Gasteiger partial charge in [-0.1, -0.05) is 0 Å². The quantitative estimate of drug-likeness (QED) is 0.504. The molecule has 1 nitrogen and oxygen atoms in total. The maximum atomic E-state index is 11.6. The van der Waals surface area contributed by atoms with E-state index in [1.165, 1.54) is 0 Å². The van der Waals surface area contributed by atoms with Crippen LogP contribution in [0.1, 0.15) is 0 Å². The highest BCUT2D eigenvalue weighted by Crippen LogP contribution is 2.70. The van der Waals surface area contributed by atoms with Gasteiger partial charge in [0.1, 0.15) is 0 Å². The lowest BCUT2D eigenvalue weighted by atomic mass is 13.9. The Morgan fingerprint density at radius 2 is 1.56 bits per heavy atom. The van der Waals surface area contributed by atoms with Crippen LogP contribution >= 0.6 is 28.7 Å². The second-order valence-corrected chi connectivity index (χ2v) is 7.24. The van der Waals surface area contributed by atoms with Crippen molar-refractivity contribution in [1.29, 1.82) is 0 Å². The van der Waals surface area contributed by atoms with Gasteiger partial charge in [-0.15, -0.1) is 4.52 Å². The van der Waals surface area contributed by atoms with E-state index >= 15 is 0 Å². The first kappa shape index (κ1) is 10.1. The van der Waals surface area contributed by atoms with Crippen LogP contribution in [-0.2, 0) is 11.8 Å². The lowest BCUT2D eigenvalue weighted by Gasteiger charge is -1.94. The first-order chi connectivity index (χ1) is 3.71. The molecule has 0 aromatic heterocycles. The summed E-state index contributed by atoms with van der Waals surface area (Å²) < 4.78 is 47.9. The fourth-order valence-corrected chi connectivity index (χ4v) is 4.34. The SMILES string of the molecule is FP(F)(=S)N=P(F)(F)Br. The van der Waals surface area contributed by atoms with Crippen LogP contribution in [0.2, 0.25) is 0 Å². The van der Waals surface area contributed by atoms with Gasteiger partial charge in [0, 0.05) is 15.5 Å². The van der Waals surface area contributed by atoms with Gasteiger partial charge in [-0.05, 0) is 11.8 Å². The summed E-state index contributed by atoms with van der Waals surface area (Å²) in [7, 11) is 0. The molecule has 9 heteroatoms. The van der Waals surface area contributed by atoms with Gasteiger partial charge in [-0.3, -0.25) is 0 Å². The summed E-state index contributed by atoms with van der Waals surface area (Å²) in [6.45, 7) is -5.08. The Hall–Kier alpha value is 1.08. The molecule has 0 N–H and O–H groups in total. The highest BCUT2D eigenvalue weighted by atomic mass is 79.9. The van der Waals surface area contributed by atoms with Crippen LogP contribution in [0.4, 0.5) is 16.8 Å². The van der Waals surface area contributed by atoms with Crippen molar-refractivity contribution < 1.29 is 16.8 Å². The number of hydrogen-bond donors (Lipinski definition) is 0. The molecule has 0 saturated carbocycles. The molecule has 0 amide bonds. The minimum absolute atomic E-state index is 1.71. The number of hydrogen-bond acceptors (Lipinski definition) is 1. The Morgan fingerprint density at radius 3 is 1.56 bits per heavy atom. The molecule has 0 bridgehead atoms. The molecule has 0 fully saturated rings. The van der Waals surface area contributed by atoms with Crippen molar-refractivity contribution in [3.63, 3.8) is 0 Å². The lowest BCUT2D eigenvalue weighted by Crippen LogP contribution is -1.47. The molecule has 0 heterocycles. The third-order valence-corrected chi connectivity index (χ3v) is 3.78. The van der Waals surface area contributed by atoms with Crippen LogP contribution in [0.3, 0.4) is 0 Å². The smallest absolute Gasteiger partial charge is 0.161 e. The average Bonchev–Trinajstić information content (AvgIpc) is 1.14. The Labute approximate surface area is 62.2 Å². The minimum atomic E-state index is -5.08. The van der Waals surface area contributed by atoms with Crippen molar-refractivity contribution in [1.82, 2.24) is 0 Å². The van der Waals surface area contributed by atoms with E-state index in [4.69, 9.17) is 0 Å². The molecule has 0 rings (SSSR count). The summed E-state index contributed by atoms with van der Waals surface area (Å²) >= 11 is 5.07. The second-order valence-electron chi connectivity index (χ2n) is 0.943. The van der Waals surface area contributed by atoms with Gasteiger partial charge in [-0.25, -0.2) is 0 Å². The van der Waals surface area contributed by atoms with Crippen LogP contribution in [0.25, 0.3) is 0 Å². The standard InChI is InChI=1S/BrF4NP2S/c1-7(2,3)6-8(4,5)9. The molecule has 0 unspecified atom stereocenters. The molecule has 0 spiro atoms. The zero-order chi connectivity index (χ0) is 7.71. The maximum Gasteiger partial charge on any atom is 0.388 e. The predicted octanol–water partition coefficient (Wildman–Crippen LogP) is 4.43. The van der Waals surface area contributed by atoms with Crippen molar-refractivity contribution in [2.24, 2.45) is 4.52 Å². The monoisotopic (exact) mass is 263 g/mol. The molecule has 0 aromatic rings. The third kappa shape index (κ3) is 9.08. The van der Waals surface area contributed by atoms with Crippen LogP contribution < -0.4 is 0 Å². The summed E-state index contributed by atoms with van der Waals surface area (Å²) in [4.78, 5) is 0. The largest absolute Gasteiger partial charge is 0.388 e. The highest BCUT2D eigenvalue weighted by molar-refractivity contribution is 9.39. The number of halogens is 5. The van der Waals surface area contributed by atoms with Crippen molar-refractivity contribution in [2.45, 2.75) is 0 Å². The predicted molar refractivity (Wildman–Crippen MR) is 37.0 cm³/mol. The van der Waals surface area contributed by atoms with Gasteiger partial charge in [0.25, 0.3) is 0 Å². The van der Waals surface area contributed by atoms with Crippen LogP contribution in [0.15, 0.2) is 4.52 Å². The summed E-state index contributed by atoms with van der Waals surface area (Å²) in [5.74, 6) is 0. The number of nitrogens with zero attached hydrogens (tertiary/aromatic N) is 1. The lowest BCUT2D eigenvalue weighted by molar-refractivity contribution is 0.728. The van der Waals surface area contributed by atoms with Gasteiger partial charge < -0.3 is 0 Å². The highest BCUT2D eigenvalue weighted by Gasteiger charge is 2.20. The van der Waals surface area contributed by atoms with Crippen LogP contribution in [-0.4, -0.2) is 0 Å². The Kier molecular flexibility index (Phi) is 3.35. The molecule has 0 radical (unpaired) electrons. The van der Waals surface area contributed by atoms with Gasteiger partial charge in [-0.2, -0.15) is 16.8 Å². The van der Waals surface area contributed by atoms with E-state index in [0.717, 1.165) is 0 Å². The van der Waals surface area contributed by atoms with Crippen molar-refractivity contribution in [3.05, 3.63) is 0 Å². The molecule has 0 saturated heterocycles. The molecular formula is BrF4NP2S. The van der Waals surface area contributed by atoms with Crippen molar-refractivity contribution >= 4 is 40.5 Å². The third-order valence-electron chi connectivity index (χ3n) is 0.206. The average molecular weight is 264 g/mol. The van der Waals surface area contributed by atoms with Gasteiger partial charge in [0.15, 0.2) is 0 Å². The van der Waals surface area contributed by atoms with Crippen molar-refractivity contribution in [2.75, 3.05) is 0 Å². The molecular weight excluding hydrogens is 264 g/mol. The van der Waals surface area contributed by atoms with Crippen LogP contribution in [0.5, 0.6) is 0 Å². The van der Waals surface area contributed by atoms with E-state index in [-0.39, 0.29) is 0 Å².